The quantitative estimate of drug-likeness (QED) is 0.336. The lowest BCUT2D eigenvalue weighted by Gasteiger charge is -2.09. The Morgan fingerprint density at radius 2 is 1.64 bits per heavy atom. The van der Waals surface area contributed by atoms with Crippen molar-refractivity contribution >= 4 is 22.7 Å². The minimum Gasteiger partial charge on any atom is -0.469 e. The fourth-order valence-electron chi connectivity index (χ4n) is 3.95. The third-order valence-electron chi connectivity index (χ3n) is 5.80. The number of benzene rings is 1. The topological polar surface area (TPSA) is 134 Å². The molecule has 11 heteroatoms. The molecule has 3 aromatic heterocycles. The molecule has 0 saturated carbocycles. The van der Waals surface area contributed by atoms with E-state index in [0.29, 0.717) is 54.5 Å². The van der Waals surface area contributed by atoms with Crippen LogP contribution in [0.3, 0.4) is 0 Å². The zero-order valence-electron chi connectivity index (χ0n) is 20.7. The highest BCUT2D eigenvalue weighted by molar-refractivity contribution is 5.99. The van der Waals surface area contributed by atoms with E-state index in [1.807, 2.05) is 13.8 Å². The van der Waals surface area contributed by atoms with Crippen LogP contribution in [0.5, 0.6) is 5.88 Å². The molecule has 0 radical (unpaired) electrons. The van der Waals surface area contributed by atoms with Crippen molar-refractivity contribution in [1.29, 1.82) is 0 Å². The molecule has 0 atom stereocenters. The van der Waals surface area contributed by atoms with Crippen LogP contribution in [0.4, 0.5) is 0 Å². The minimum absolute atomic E-state index is 0.0748. The number of hydrogen-bond acceptors (Lipinski definition) is 7. The molecule has 0 bridgehead atoms. The van der Waals surface area contributed by atoms with E-state index < -0.39 is 5.56 Å². The molecule has 4 aromatic rings. The molecule has 1 aromatic carbocycles. The third-order valence-corrected chi connectivity index (χ3v) is 5.80. The SMILES string of the molecule is CCCn1c(=O)c2[nH]c(-c3cc(OCC(=O)c4ccc(C(C)=O)cc4)n(C)n3)nc2n(CCC)c1=O. The second-order valence-electron chi connectivity index (χ2n) is 8.51. The summed E-state index contributed by atoms with van der Waals surface area (Å²) in [6.07, 6.45) is 1.35. The second kappa shape index (κ2) is 10.1. The van der Waals surface area contributed by atoms with Crippen molar-refractivity contribution in [3.63, 3.8) is 0 Å². The number of nitrogens with zero attached hydrogens (tertiary/aromatic N) is 5. The molecular weight excluding hydrogens is 464 g/mol. The molecule has 0 saturated heterocycles. The van der Waals surface area contributed by atoms with Crippen molar-refractivity contribution in [1.82, 2.24) is 28.9 Å². The molecule has 0 fully saturated rings. The van der Waals surface area contributed by atoms with Crippen molar-refractivity contribution in [3.8, 4) is 17.4 Å². The van der Waals surface area contributed by atoms with Gasteiger partial charge in [-0.25, -0.2) is 14.5 Å². The van der Waals surface area contributed by atoms with Gasteiger partial charge in [0.1, 0.15) is 11.2 Å². The molecule has 188 valence electrons. The lowest BCUT2D eigenvalue weighted by Crippen LogP contribution is -2.40. The van der Waals surface area contributed by atoms with Gasteiger partial charge in [-0.1, -0.05) is 38.1 Å². The van der Waals surface area contributed by atoms with E-state index in [9.17, 15) is 19.2 Å². The maximum absolute atomic E-state index is 13.0. The van der Waals surface area contributed by atoms with Crippen LogP contribution in [0, 0.1) is 0 Å². The van der Waals surface area contributed by atoms with Crippen LogP contribution in [0.1, 0.15) is 54.3 Å². The summed E-state index contributed by atoms with van der Waals surface area (Å²) in [6.45, 7) is 5.83. The van der Waals surface area contributed by atoms with Gasteiger partial charge >= 0.3 is 5.69 Å². The number of aromatic amines is 1. The summed E-state index contributed by atoms with van der Waals surface area (Å²) in [6, 6.07) is 7.99. The number of aromatic nitrogens is 6. The number of ether oxygens (including phenoxy) is 1. The molecule has 0 spiro atoms. The standard InChI is InChI=1S/C25H28N6O5/c1-5-11-30-23-21(24(34)31(12-6-2)25(30)35)26-22(27-23)18-13-20(29(4)28-18)36-14-19(33)17-9-7-16(8-10-17)15(3)32/h7-10,13H,5-6,11-12,14H2,1-4H3,(H,26,27). The van der Waals surface area contributed by atoms with E-state index in [-0.39, 0.29) is 35.0 Å². The van der Waals surface area contributed by atoms with Gasteiger partial charge < -0.3 is 9.72 Å². The second-order valence-corrected chi connectivity index (χ2v) is 8.51. The Hall–Kier alpha value is -4.28. The van der Waals surface area contributed by atoms with Crippen LogP contribution in [0.25, 0.3) is 22.7 Å². The summed E-state index contributed by atoms with van der Waals surface area (Å²) < 4.78 is 9.87. The van der Waals surface area contributed by atoms with Gasteiger partial charge in [-0.2, -0.15) is 5.10 Å². The first-order chi connectivity index (χ1) is 17.2. The Bertz CT molecular complexity index is 1550. The number of fused-ring (bicyclic) bond motifs is 1. The van der Waals surface area contributed by atoms with Crippen molar-refractivity contribution < 1.29 is 14.3 Å². The smallest absolute Gasteiger partial charge is 0.332 e. The number of rotatable bonds is 10. The van der Waals surface area contributed by atoms with E-state index in [2.05, 4.69) is 15.1 Å². The van der Waals surface area contributed by atoms with Crippen LogP contribution in [-0.4, -0.2) is 47.1 Å². The highest BCUT2D eigenvalue weighted by Crippen LogP contribution is 2.22. The van der Waals surface area contributed by atoms with Crippen LogP contribution < -0.4 is 16.0 Å². The number of aryl methyl sites for hydroxylation is 2. The van der Waals surface area contributed by atoms with Crippen LogP contribution in [0.2, 0.25) is 0 Å². The maximum Gasteiger partial charge on any atom is 0.332 e. The monoisotopic (exact) mass is 492 g/mol. The Kier molecular flexibility index (Phi) is 7.00. The van der Waals surface area contributed by atoms with E-state index in [1.54, 1.807) is 37.4 Å². The first kappa shape index (κ1) is 24.8. The summed E-state index contributed by atoms with van der Waals surface area (Å²) in [4.78, 5) is 57.3. The molecule has 0 aliphatic heterocycles. The highest BCUT2D eigenvalue weighted by Gasteiger charge is 2.20. The molecule has 0 aliphatic carbocycles. The molecule has 0 amide bonds. The van der Waals surface area contributed by atoms with E-state index in [0.717, 1.165) is 0 Å². The van der Waals surface area contributed by atoms with Gasteiger partial charge in [0, 0.05) is 37.3 Å². The lowest BCUT2D eigenvalue weighted by atomic mass is 10.1. The highest BCUT2D eigenvalue weighted by atomic mass is 16.5. The van der Waals surface area contributed by atoms with E-state index in [4.69, 9.17) is 4.74 Å². The van der Waals surface area contributed by atoms with Crippen LogP contribution >= 0.6 is 0 Å². The molecule has 4 rings (SSSR count). The normalized spacial score (nSPS) is 11.2. The Morgan fingerprint density at radius 1 is 1.00 bits per heavy atom. The number of imidazole rings is 1. The predicted octanol–water partition coefficient (Wildman–Crippen LogP) is 2.57. The van der Waals surface area contributed by atoms with Gasteiger partial charge in [-0.05, 0) is 19.8 Å². The first-order valence-electron chi connectivity index (χ1n) is 11.8. The third kappa shape index (κ3) is 4.64. The Labute approximate surface area is 206 Å². The molecule has 0 aliphatic rings. The fraction of sp³-hybridized carbons (Fsp3) is 0.360. The van der Waals surface area contributed by atoms with E-state index >= 15 is 0 Å². The average molecular weight is 493 g/mol. The van der Waals surface area contributed by atoms with Crippen molar-refractivity contribution in [3.05, 3.63) is 62.3 Å². The number of Topliss-reactive ketones (excluding diaryl/α,β-unsaturated/α-hetero) is 2. The molecule has 11 nitrogen and oxygen atoms in total. The number of carbonyl (C=O) groups excluding carboxylic acids is 2. The summed E-state index contributed by atoms with van der Waals surface area (Å²) >= 11 is 0. The first-order valence-corrected chi connectivity index (χ1v) is 11.8. The van der Waals surface area contributed by atoms with Gasteiger partial charge in [0.25, 0.3) is 5.56 Å². The predicted molar refractivity (Wildman–Crippen MR) is 134 cm³/mol. The molecule has 3 heterocycles. The Balaban J connectivity index is 1.61. The van der Waals surface area contributed by atoms with E-state index in [1.165, 1.54) is 20.7 Å². The number of ketones is 2. The summed E-state index contributed by atoms with van der Waals surface area (Å²) in [5.74, 6) is 0.316. The average Bonchev–Trinajstić information content (AvgIpc) is 3.47. The summed E-state index contributed by atoms with van der Waals surface area (Å²) in [5.41, 5.74) is 1.08. The van der Waals surface area contributed by atoms with Crippen LogP contribution in [0.15, 0.2) is 39.9 Å². The van der Waals surface area contributed by atoms with Gasteiger partial charge in [0.05, 0.1) is 0 Å². The van der Waals surface area contributed by atoms with Crippen molar-refractivity contribution in [2.45, 2.75) is 46.7 Å². The Morgan fingerprint density at radius 3 is 2.28 bits per heavy atom. The van der Waals surface area contributed by atoms with Crippen LogP contribution in [-0.2, 0) is 20.1 Å². The summed E-state index contributed by atoms with van der Waals surface area (Å²) in [7, 11) is 1.66. The number of H-pyrrole nitrogens is 1. The number of nitrogens with one attached hydrogen (secondary N) is 1. The minimum atomic E-state index is -0.420. The largest absolute Gasteiger partial charge is 0.469 e. The number of hydrogen-bond donors (Lipinski definition) is 1. The zero-order chi connectivity index (χ0) is 26.0. The molecule has 1 N–H and O–H groups in total. The molecule has 36 heavy (non-hydrogen) atoms. The summed E-state index contributed by atoms with van der Waals surface area (Å²) in [5, 5.41) is 4.40. The lowest BCUT2D eigenvalue weighted by molar-refractivity contribution is 0.0913. The van der Waals surface area contributed by atoms with Gasteiger partial charge in [-0.15, -0.1) is 0 Å². The van der Waals surface area contributed by atoms with Crippen molar-refractivity contribution in [2.24, 2.45) is 7.05 Å². The maximum atomic E-state index is 13.0. The molecule has 0 unspecified atom stereocenters. The molecular formula is C25H28N6O5. The van der Waals surface area contributed by atoms with Gasteiger partial charge in [0.15, 0.2) is 29.6 Å². The fourth-order valence-corrected chi connectivity index (χ4v) is 3.95. The van der Waals surface area contributed by atoms with Gasteiger partial charge in [0.2, 0.25) is 5.88 Å². The number of carbonyl (C=O) groups is 2. The van der Waals surface area contributed by atoms with Crippen molar-refractivity contribution in [2.75, 3.05) is 6.61 Å². The van der Waals surface area contributed by atoms with Gasteiger partial charge in [-0.3, -0.25) is 23.5 Å². The zero-order valence-corrected chi connectivity index (χ0v) is 20.7.